The van der Waals surface area contributed by atoms with Crippen LogP contribution < -0.4 is 10.2 Å². The van der Waals surface area contributed by atoms with E-state index in [0.29, 0.717) is 11.8 Å². The number of anilines is 2. The van der Waals surface area contributed by atoms with E-state index >= 15 is 0 Å². The standard InChI is InChI=1S/C18H18F2N2O2/c1-11-5-4-6-16(12(11)2)21-18(24)10-22(13(3)23)17-8-7-14(19)9-15(17)20/h4-9H,10H2,1-3H3,(H,21,24). The average Bonchev–Trinajstić information content (AvgIpc) is 2.50. The van der Waals surface area contributed by atoms with Gasteiger partial charge in [0.05, 0.1) is 5.69 Å². The summed E-state index contributed by atoms with van der Waals surface area (Å²) in [6.45, 7) is 4.63. The Kier molecular flexibility index (Phi) is 5.28. The van der Waals surface area contributed by atoms with Crippen LogP contribution in [0.4, 0.5) is 20.2 Å². The van der Waals surface area contributed by atoms with Crippen LogP contribution >= 0.6 is 0 Å². The van der Waals surface area contributed by atoms with Gasteiger partial charge in [-0.1, -0.05) is 12.1 Å². The Morgan fingerprint density at radius 1 is 1.12 bits per heavy atom. The van der Waals surface area contributed by atoms with Gasteiger partial charge in [0, 0.05) is 18.7 Å². The highest BCUT2D eigenvalue weighted by atomic mass is 19.1. The summed E-state index contributed by atoms with van der Waals surface area (Å²) in [5, 5.41) is 2.71. The number of carbonyl (C=O) groups is 2. The van der Waals surface area contributed by atoms with E-state index in [1.807, 2.05) is 19.9 Å². The third kappa shape index (κ3) is 3.95. The van der Waals surface area contributed by atoms with Crippen LogP contribution in [0.2, 0.25) is 0 Å². The first-order chi connectivity index (χ1) is 11.3. The van der Waals surface area contributed by atoms with Gasteiger partial charge in [-0.15, -0.1) is 0 Å². The second-order valence-electron chi connectivity index (χ2n) is 5.50. The van der Waals surface area contributed by atoms with Gasteiger partial charge in [-0.3, -0.25) is 9.59 Å². The highest BCUT2D eigenvalue weighted by molar-refractivity contribution is 6.02. The number of rotatable bonds is 4. The summed E-state index contributed by atoms with van der Waals surface area (Å²) in [5.41, 5.74) is 2.41. The van der Waals surface area contributed by atoms with Gasteiger partial charge >= 0.3 is 0 Å². The lowest BCUT2D eigenvalue weighted by Crippen LogP contribution is -2.37. The summed E-state index contributed by atoms with van der Waals surface area (Å²) in [6.07, 6.45) is 0. The first-order valence-electron chi connectivity index (χ1n) is 7.39. The Balaban J connectivity index is 2.20. The van der Waals surface area contributed by atoms with Crippen molar-refractivity contribution in [2.24, 2.45) is 0 Å². The maximum Gasteiger partial charge on any atom is 0.244 e. The smallest absolute Gasteiger partial charge is 0.244 e. The third-order valence-electron chi connectivity index (χ3n) is 3.76. The molecule has 0 aliphatic rings. The first kappa shape index (κ1) is 17.6. The molecule has 2 aromatic rings. The number of carbonyl (C=O) groups excluding carboxylic acids is 2. The zero-order valence-corrected chi connectivity index (χ0v) is 13.7. The van der Waals surface area contributed by atoms with Crippen molar-refractivity contribution in [2.45, 2.75) is 20.8 Å². The van der Waals surface area contributed by atoms with Crippen LogP contribution in [0.5, 0.6) is 0 Å². The van der Waals surface area contributed by atoms with E-state index in [-0.39, 0.29) is 12.2 Å². The van der Waals surface area contributed by atoms with E-state index in [1.165, 1.54) is 6.92 Å². The van der Waals surface area contributed by atoms with Crippen molar-refractivity contribution in [2.75, 3.05) is 16.8 Å². The molecule has 0 unspecified atom stereocenters. The molecule has 6 heteroatoms. The molecule has 0 saturated heterocycles. The van der Waals surface area contributed by atoms with E-state index < -0.39 is 23.4 Å². The molecule has 4 nitrogen and oxygen atoms in total. The summed E-state index contributed by atoms with van der Waals surface area (Å²) in [5.74, 6) is -2.64. The zero-order valence-electron chi connectivity index (χ0n) is 13.7. The largest absolute Gasteiger partial charge is 0.324 e. The number of halogens is 2. The molecule has 24 heavy (non-hydrogen) atoms. The molecule has 0 aliphatic heterocycles. The van der Waals surface area contributed by atoms with Gasteiger partial charge in [0.15, 0.2) is 0 Å². The van der Waals surface area contributed by atoms with Crippen LogP contribution in [0.3, 0.4) is 0 Å². The van der Waals surface area contributed by atoms with Crippen LogP contribution in [-0.4, -0.2) is 18.4 Å². The molecular weight excluding hydrogens is 314 g/mol. The fraction of sp³-hybridized carbons (Fsp3) is 0.222. The first-order valence-corrected chi connectivity index (χ1v) is 7.39. The number of hydrogen-bond donors (Lipinski definition) is 1. The highest BCUT2D eigenvalue weighted by Gasteiger charge is 2.20. The molecule has 0 bridgehead atoms. The number of hydrogen-bond acceptors (Lipinski definition) is 2. The van der Waals surface area contributed by atoms with Gasteiger partial charge in [-0.25, -0.2) is 8.78 Å². The monoisotopic (exact) mass is 332 g/mol. The molecule has 2 aromatic carbocycles. The van der Waals surface area contributed by atoms with Crippen LogP contribution in [0.25, 0.3) is 0 Å². The lowest BCUT2D eigenvalue weighted by molar-refractivity contribution is -0.120. The van der Waals surface area contributed by atoms with Crippen molar-refractivity contribution in [3.63, 3.8) is 0 Å². The predicted octanol–water partition coefficient (Wildman–Crippen LogP) is 3.57. The van der Waals surface area contributed by atoms with Crippen LogP contribution in [0, 0.1) is 25.5 Å². The van der Waals surface area contributed by atoms with E-state index in [9.17, 15) is 18.4 Å². The average molecular weight is 332 g/mol. The van der Waals surface area contributed by atoms with Crippen molar-refractivity contribution < 1.29 is 18.4 Å². The van der Waals surface area contributed by atoms with Crippen molar-refractivity contribution >= 4 is 23.2 Å². The third-order valence-corrected chi connectivity index (χ3v) is 3.76. The number of aryl methyl sites for hydroxylation is 1. The second kappa shape index (κ2) is 7.21. The molecule has 0 aliphatic carbocycles. The number of amides is 2. The summed E-state index contributed by atoms with van der Waals surface area (Å²) in [7, 11) is 0. The molecule has 1 N–H and O–H groups in total. The van der Waals surface area contributed by atoms with Crippen molar-refractivity contribution in [3.05, 3.63) is 59.2 Å². The molecule has 126 valence electrons. The normalized spacial score (nSPS) is 10.4. The van der Waals surface area contributed by atoms with Gasteiger partial charge in [-0.05, 0) is 43.2 Å². The van der Waals surface area contributed by atoms with Crippen LogP contribution in [0.1, 0.15) is 18.1 Å². The maximum atomic E-state index is 13.9. The predicted molar refractivity (Wildman–Crippen MR) is 88.9 cm³/mol. The van der Waals surface area contributed by atoms with Gasteiger partial charge in [0.1, 0.15) is 18.2 Å². The van der Waals surface area contributed by atoms with E-state index in [2.05, 4.69) is 5.32 Å². The Hall–Kier alpha value is -2.76. The lowest BCUT2D eigenvalue weighted by Gasteiger charge is -2.21. The molecule has 0 atom stereocenters. The SMILES string of the molecule is CC(=O)N(CC(=O)Nc1cccc(C)c1C)c1ccc(F)cc1F. The summed E-state index contributed by atoms with van der Waals surface area (Å²) < 4.78 is 26.9. The Morgan fingerprint density at radius 2 is 1.83 bits per heavy atom. The van der Waals surface area contributed by atoms with Crippen molar-refractivity contribution in [1.82, 2.24) is 0 Å². The van der Waals surface area contributed by atoms with E-state index in [0.717, 1.165) is 28.2 Å². The Labute approximate surface area is 139 Å². The Morgan fingerprint density at radius 3 is 2.46 bits per heavy atom. The minimum absolute atomic E-state index is 0.139. The highest BCUT2D eigenvalue weighted by Crippen LogP contribution is 2.21. The molecular formula is C18H18F2N2O2. The summed E-state index contributed by atoms with van der Waals surface area (Å²) in [6, 6.07) is 8.32. The van der Waals surface area contributed by atoms with E-state index in [4.69, 9.17) is 0 Å². The van der Waals surface area contributed by atoms with Gasteiger partial charge in [0.2, 0.25) is 11.8 Å². The number of benzene rings is 2. The molecule has 0 radical (unpaired) electrons. The summed E-state index contributed by atoms with van der Waals surface area (Å²) >= 11 is 0. The fourth-order valence-corrected chi connectivity index (χ4v) is 2.29. The second-order valence-corrected chi connectivity index (χ2v) is 5.50. The molecule has 0 fully saturated rings. The number of nitrogens with zero attached hydrogens (tertiary/aromatic N) is 1. The maximum absolute atomic E-state index is 13.9. The van der Waals surface area contributed by atoms with Gasteiger partial charge in [-0.2, -0.15) is 0 Å². The van der Waals surface area contributed by atoms with Crippen LogP contribution in [0.15, 0.2) is 36.4 Å². The topological polar surface area (TPSA) is 49.4 Å². The number of nitrogens with one attached hydrogen (secondary N) is 1. The summed E-state index contributed by atoms with van der Waals surface area (Å²) in [4.78, 5) is 25.0. The van der Waals surface area contributed by atoms with Crippen LogP contribution in [-0.2, 0) is 9.59 Å². The molecule has 2 rings (SSSR count). The van der Waals surface area contributed by atoms with Crippen molar-refractivity contribution in [3.8, 4) is 0 Å². The Bertz CT molecular complexity index is 791. The van der Waals surface area contributed by atoms with Gasteiger partial charge in [0.25, 0.3) is 0 Å². The molecule has 2 amide bonds. The minimum atomic E-state index is -0.898. The fourth-order valence-electron chi connectivity index (χ4n) is 2.29. The molecule has 0 heterocycles. The minimum Gasteiger partial charge on any atom is -0.324 e. The molecule has 0 aromatic heterocycles. The zero-order chi connectivity index (χ0) is 17.9. The molecule has 0 spiro atoms. The van der Waals surface area contributed by atoms with Gasteiger partial charge < -0.3 is 10.2 Å². The quantitative estimate of drug-likeness (QED) is 0.930. The molecule has 0 saturated carbocycles. The van der Waals surface area contributed by atoms with E-state index in [1.54, 1.807) is 12.1 Å². The lowest BCUT2D eigenvalue weighted by atomic mass is 10.1. The van der Waals surface area contributed by atoms with Crippen molar-refractivity contribution in [1.29, 1.82) is 0 Å².